The summed E-state index contributed by atoms with van der Waals surface area (Å²) in [6, 6.07) is 4.96. The molecular weight excluding hydrogens is 275 g/mol. The molecule has 2 rings (SSSR count). The van der Waals surface area contributed by atoms with Crippen LogP contribution in [0.15, 0.2) is 23.4 Å². The van der Waals surface area contributed by atoms with Crippen molar-refractivity contribution in [2.75, 3.05) is 0 Å². The Bertz CT molecular complexity index is 558. The molecule has 0 aliphatic carbocycles. The normalized spacial score (nSPS) is 10.9. The summed E-state index contributed by atoms with van der Waals surface area (Å²) in [5.41, 5.74) is 6.05. The van der Waals surface area contributed by atoms with E-state index in [0.717, 1.165) is 0 Å². The van der Waals surface area contributed by atoms with Gasteiger partial charge in [-0.05, 0) is 11.6 Å². The Morgan fingerprint density at radius 3 is 2.89 bits per heavy atom. The zero-order valence-electron chi connectivity index (χ0n) is 9.73. The second kappa shape index (κ2) is 5.69. The van der Waals surface area contributed by atoms with Gasteiger partial charge in [0.1, 0.15) is 11.6 Å². The standard InChI is InChI=1S/C11H12ClFN4S/c1-17-9(5-14)15-16-11(17)18-6-7-3-2-4-8(12)10(7)13/h2-4H,5-6,14H2,1H3. The number of nitrogens with two attached hydrogens (primary N) is 1. The predicted molar refractivity (Wildman–Crippen MR) is 69.9 cm³/mol. The monoisotopic (exact) mass is 286 g/mol. The van der Waals surface area contributed by atoms with Crippen LogP contribution in [0, 0.1) is 5.82 Å². The maximum absolute atomic E-state index is 13.7. The van der Waals surface area contributed by atoms with Crippen LogP contribution in [0.3, 0.4) is 0 Å². The number of thioether (sulfide) groups is 1. The molecule has 0 unspecified atom stereocenters. The van der Waals surface area contributed by atoms with Gasteiger partial charge >= 0.3 is 0 Å². The van der Waals surface area contributed by atoms with E-state index in [2.05, 4.69) is 10.2 Å². The first kappa shape index (κ1) is 13.3. The SMILES string of the molecule is Cn1c(CN)nnc1SCc1cccc(Cl)c1F. The largest absolute Gasteiger partial charge is 0.324 e. The van der Waals surface area contributed by atoms with Gasteiger partial charge in [-0.25, -0.2) is 4.39 Å². The lowest BCUT2D eigenvalue weighted by molar-refractivity contribution is 0.617. The van der Waals surface area contributed by atoms with Gasteiger partial charge in [0, 0.05) is 12.8 Å². The Hall–Kier alpha value is -1.11. The molecule has 7 heteroatoms. The number of hydrogen-bond donors (Lipinski definition) is 1. The number of aromatic nitrogens is 3. The second-order valence-electron chi connectivity index (χ2n) is 3.66. The van der Waals surface area contributed by atoms with E-state index >= 15 is 0 Å². The maximum atomic E-state index is 13.7. The number of nitrogens with zero attached hydrogens (tertiary/aromatic N) is 3. The summed E-state index contributed by atoms with van der Waals surface area (Å²) >= 11 is 7.11. The molecule has 1 aromatic heterocycles. The molecule has 0 fully saturated rings. The van der Waals surface area contributed by atoms with Crippen molar-refractivity contribution in [3.63, 3.8) is 0 Å². The van der Waals surface area contributed by atoms with Gasteiger partial charge in [-0.3, -0.25) is 0 Å². The summed E-state index contributed by atoms with van der Waals surface area (Å²) in [4.78, 5) is 0. The first-order chi connectivity index (χ1) is 8.63. The number of halogens is 2. The molecule has 0 atom stereocenters. The lowest BCUT2D eigenvalue weighted by Crippen LogP contribution is -2.05. The van der Waals surface area contributed by atoms with Gasteiger partial charge in [-0.1, -0.05) is 35.5 Å². The fourth-order valence-electron chi connectivity index (χ4n) is 1.45. The molecule has 0 amide bonds. The molecular formula is C11H12ClFN4S. The van der Waals surface area contributed by atoms with Crippen molar-refractivity contribution in [2.24, 2.45) is 12.8 Å². The fraction of sp³-hybridized carbons (Fsp3) is 0.273. The molecule has 0 aliphatic rings. The smallest absolute Gasteiger partial charge is 0.191 e. The van der Waals surface area contributed by atoms with Crippen molar-refractivity contribution in [1.82, 2.24) is 14.8 Å². The molecule has 4 nitrogen and oxygen atoms in total. The number of benzene rings is 1. The topological polar surface area (TPSA) is 56.7 Å². The Kier molecular flexibility index (Phi) is 4.21. The summed E-state index contributed by atoms with van der Waals surface area (Å²) in [7, 11) is 1.83. The Morgan fingerprint density at radius 2 is 2.22 bits per heavy atom. The van der Waals surface area contributed by atoms with E-state index in [1.54, 1.807) is 16.7 Å². The molecule has 0 aliphatic heterocycles. The molecule has 2 aromatic rings. The average molecular weight is 287 g/mol. The van der Waals surface area contributed by atoms with E-state index in [1.807, 2.05) is 7.05 Å². The van der Waals surface area contributed by atoms with Crippen LogP contribution in [-0.4, -0.2) is 14.8 Å². The molecule has 2 N–H and O–H groups in total. The summed E-state index contributed by atoms with van der Waals surface area (Å²) in [6.45, 7) is 0.329. The highest BCUT2D eigenvalue weighted by molar-refractivity contribution is 7.98. The summed E-state index contributed by atoms with van der Waals surface area (Å²) in [5.74, 6) is 0.764. The van der Waals surface area contributed by atoms with E-state index in [-0.39, 0.29) is 10.8 Å². The zero-order valence-corrected chi connectivity index (χ0v) is 11.3. The minimum atomic E-state index is -0.382. The van der Waals surface area contributed by atoms with E-state index in [4.69, 9.17) is 17.3 Å². The predicted octanol–water partition coefficient (Wildman–Crippen LogP) is 2.36. The highest BCUT2D eigenvalue weighted by Crippen LogP contribution is 2.25. The van der Waals surface area contributed by atoms with Gasteiger partial charge in [0.15, 0.2) is 5.16 Å². The van der Waals surface area contributed by atoms with Crippen molar-refractivity contribution in [3.05, 3.63) is 40.4 Å². The number of hydrogen-bond acceptors (Lipinski definition) is 4. The van der Waals surface area contributed by atoms with Crippen LogP contribution in [0.25, 0.3) is 0 Å². The van der Waals surface area contributed by atoms with Crippen LogP contribution >= 0.6 is 23.4 Å². The minimum absolute atomic E-state index is 0.133. The van der Waals surface area contributed by atoms with Crippen LogP contribution in [-0.2, 0) is 19.3 Å². The Balaban J connectivity index is 2.11. The lowest BCUT2D eigenvalue weighted by Gasteiger charge is -2.04. The quantitative estimate of drug-likeness (QED) is 0.877. The zero-order chi connectivity index (χ0) is 13.1. The van der Waals surface area contributed by atoms with Crippen LogP contribution in [0.4, 0.5) is 4.39 Å². The van der Waals surface area contributed by atoms with Crippen LogP contribution in [0.5, 0.6) is 0 Å². The van der Waals surface area contributed by atoms with Crippen LogP contribution in [0.1, 0.15) is 11.4 Å². The third kappa shape index (κ3) is 2.66. The second-order valence-corrected chi connectivity index (χ2v) is 5.01. The third-order valence-corrected chi connectivity index (χ3v) is 3.86. The van der Waals surface area contributed by atoms with Crippen LogP contribution in [0.2, 0.25) is 5.02 Å². The van der Waals surface area contributed by atoms with Crippen molar-refractivity contribution in [3.8, 4) is 0 Å². The molecule has 0 spiro atoms. The van der Waals surface area contributed by atoms with E-state index in [0.29, 0.717) is 28.8 Å². The van der Waals surface area contributed by atoms with Gasteiger partial charge < -0.3 is 10.3 Å². The molecule has 1 heterocycles. The van der Waals surface area contributed by atoms with Crippen molar-refractivity contribution in [1.29, 1.82) is 0 Å². The first-order valence-electron chi connectivity index (χ1n) is 5.27. The summed E-state index contributed by atoms with van der Waals surface area (Å²) in [6.07, 6.45) is 0. The highest BCUT2D eigenvalue weighted by Gasteiger charge is 2.11. The van der Waals surface area contributed by atoms with Gasteiger partial charge in [-0.2, -0.15) is 0 Å². The lowest BCUT2D eigenvalue weighted by atomic mass is 10.2. The Morgan fingerprint density at radius 1 is 1.44 bits per heavy atom. The highest BCUT2D eigenvalue weighted by atomic mass is 35.5. The van der Waals surface area contributed by atoms with Crippen molar-refractivity contribution < 1.29 is 4.39 Å². The molecule has 96 valence electrons. The fourth-order valence-corrected chi connectivity index (χ4v) is 2.55. The first-order valence-corrected chi connectivity index (χ1v) is 6.64. The van der Waals surface area contributed by atoms with Crippen molar-refractivity contribution in [2.45, 2.75) is 17.5 Å². The third-order valence-electron chi connectivity index (χ3n) is 2.50. The summed E-state index contributed by atoms with van der Waals surface area (Å²) < 4.78 is 15.5. The number of rotatable bonds is 4. The molecule has 1 aromatic carbocycles. The molecule has 0 saturated heterocycles. The van der Waals surface area contributed by atoms with Crippen LogP contribution < -0.4 is 5.73 Å². The van der Waals surface area contributed by atoms with E-state index in [9.17, 15) is 4.39 Å². The van der Waals surface area contributed by atoms with Gasteiger partial charge in [0.2, 0.25) is 0 Å². The van der Waals surface area contributed by atoms with Crippen molar-refractivity contribution >= 4 is 23.4 Å². The maximum Gasteiger partial charge on any atom is 0.191 e. The molecule has 0 radical (unpaired) electrons. The molecule has 0 bridgehead atoms. The molecule has 0 saturated carbocycles. The minimum Gasteiger partial charge on any atom is -0.324 e. The summed E-state index contributed by atoms with van der Waals surface area (Å²) in [5, 5.41) is 8.76. The van der Waals surface area contributed by atoms with Gasteiger partial charge in [0.25, 0.3) is 0 Å². The van der Waals surface area contributed by atoms with E-state index < -0.39 is 0 Å². The van der Waals surface area contributed by atoms with Gasteiger partial charge in [-0.15, -0.1) is 10.2 Å². The Labute approximate surface area is 113 Å². The van der Waals surface area contributed by atoms with Gasteiger partial charge in [0.05, 0.1) is 11.6 Å². The molecule has 18 heavy (non-hydrogen) atoms. The van der Waals surface area contributed by atoms with E-state index in [1.165, 1.54) is 17.8 Å². The average Bonchev–Trinajstić information content (AvgIpc) is 2.72.